The number of nitrogens with one attached hydrogen (secondary N) is 1. The van der Waals surface area contributed by atoms with E-state index in [9.17, 15) is 0 Å². The highest BCUT2D eigenvalue weighted by Crippen LogP contribution is 2.37. The van der Waals surface area contributed by atoms with Crippen molar-refractivity contribution in [3.63, 3.8) is 0 Å². The summed E-state index contributed by atoms with van der Waals surface area (Å²) in [4.78, 5) is 0. The zero-order chi connectivity index (χ0) is 15.1. The molecule has 2 atom stereocenters. The van der Waals surface area contributed by atoms with Crippen LogP contribution in [-0.2, 0) is 0 Å². The average Bonchev–Trinajstić information content (AvgIpc) is 2.40. The molecular formula is C16H25Cl2NO. The molecule has 0 aliphatic rings. The zero-order valence-electron chi connectivity index (χ0n) is 12.8. The van der Waals surface area contributed by atoms with E-state index in [1.807, 2.05) is 19.1 Å². The van der Waals surface area contributed by atoms with Crippen LogP contribution in [0.25, 0.3) is 0 Å². The quantitative estimate of drug-likeness (QED) is 0.685. The smallest absolute Gasteiger partial charge is 0.139 e. The minimum atomic E-state index is 0.223. The topological polar surface area (TPSA) is 21.3 Å². The van der Waals surface area contributed by atoms with Crippen molar-refractivity contribution in [1.29, 1.82) is 0 Å². The molecule has 0 amide bonds. The molecule has 0 heterocycles. The third-order valence-corrected chi connectivity index (χ3v) is 4.05. The first-order chi connectivity index (χ1) is 9.54. The first kappa shape index (κ1) is 17.6. The third-order valence-electron chi connectivity index (χ3n) is 3.42. The maximum absolute atomic E-state index is 6.43. The van der Waals surface area contributed by atoms with Gasteiger partial charge in [0.1, 0.15) is 5.75 Å². The fourth-order valence-corrected chi connectivity index (χ4v) is 3.01. The second-order valence-electron chi connectivity index (χ2n) is 5.04. The van der Waals surface area contributed by atoms with Crippen LogP contribution in [0, 0.1) is 5.92 Å². The highest BCUT2D eigenvalue weighted by molar-refractivity contribution is 6.34. The number of benzene rings is 1. The van der Waals surface area contributed by atoms with Gasteiger partial charge in [0.05, 0.1) is 11.6 Å². The zero-order valence-corrected chi connectivity index (χ0v) is 14.3. The Hall–Kier alpha value is -0.440. The van der Waals surface area contributed by atoms with Crippen LogP contribution in [0.5, 0.6) is 5.75 Å². The largest absolute Gasteiger partial charge is 0.492 e. The van der Waals surface area contributed by atoms with E-state index < -0.39 is 0 Å². The van der Waals surface area contributed by atoms with E-state index in [1.54, 1.807) is 0 Å². The molecule has 1 aromatic carbocycles. The number of ether oxygens (including phenoxy) is 1. The van der Waals surface area contributed by atoms with Crippen LogP contribution in [-0.4, -0.2) is 13.2 Å². The van der Waals surface area contributed by atoms with Gasteiger partial charge in [-0.15, -0.1) is 0 Å². The first-order valence-corrected chi connectivity index (χ1v) is 8.15. The van der Waals surface area contributed by atoms with Gasteiger partial charge in [-0.25, -0.2) is 0 Å². The van der Waals surface area contributed by atoms with Crippen molar-refractivity contribution < 1.29 is 4.74 Å². The number of hydrogen-bond acceptors (Lipinski definition) is 2. The van der Waals surface area contributed by atoms with Crippen molar-refractivity contribution in [1.82, 2.24) is 5.32 Å². The van der Waals surface area contributed by atoms with Crippen LogP contribution in [0.3, 0.4) is 0 Å². The third kappa shape index (κ3) is 4.54. The maximum atomic E-state index is 6.43. The van der Waals surface area contributed by atoms with Crippen LogP contribution in [0.1, 0.15) is 52.1 Å². The SMILES string of the molecule is CCCC(C)C(NCC)c1cc(Cl)c(OCC)cc1Cl. The van der Waals surface area contributed by atoms with Crippen LogP contribution in [0.15, 0.2) is 12.1 Å². The molecule has 0 radical (unpaired) electrons. The molecule has 0 bridgehead atoms. The van der Waals surface area contributed by atoms with E-state index >= 15 is 0 Å². The Morgan fingerprint density at radius 2 is 1.85 bits per heavy atom. The van der Waals surface area contributed by atoms with Gasteiger partial charge in [0.2, 0.25) is 0 Å². The molecular weight excluding hydrogens is 293 g/mol. The fourth-order valence-electron chi connectivity index (χ4n) is 2.51. The lowest BCUT2D eigenvalue weighted by molar-refractivity contribution is 0.339. The molecule has 0 spiro atoms. The molecule has 114 valence electrons. The minimum Gasteiger partial charge on any atom is -0.492 e. The summed E-state index contributed by atoms with van der Waals surface area (Å²) in [6.07, 6.45) is 2.31. The number of halogens is 2. The average molecular weight is 318 g/mol. The van der Waals surface area contributed by atoms with E-state index in [4.69, 9.17) is 27.9 Å². The van der Waals surface area contributed by atoms with E-state index in [-0.39, 0.29) is 6.04 Å². The van der Waals surface area contributed by atoms with Crippen molar-refractivity contribution in [2.45, 2.75) is 46.6 Å². The second-order valence-corrected chi connectivity index (χ2v) is 5.85. The predicted octanol–water partition coefficient (Wildman–Crippen LogP) is 5.48. The summed E-state index contributed by atoms with van der Waals surface area (Å²) in [5.41, 5.74) is 1.06. The van der Waals surface area contributed by atoms with E-state index in [1.165, 1.54) is 0 Å². The Bertz CT molecular complexity index is 423. The van der Waals surface area contributed by atoms with Crippen LogP contribution < -0.4 is 10.1 Å². The molecule has 0 aliphatic carbocycles. The van der Waals surface area contributed by atoms with Gasteiger partial charge in [0, 0.05) is 17.1 Å². The molecule has 2 nitrogen and oxygen atoms in total. The van der Waals surface area contributed by atoms with E-state index in [2.05, 4.69) is 26.1 Å². The van der Waals surface area contributed by atoms with E-state index in [0.717, 1.165) is 24.9 Å². The van der Waals surface area contributed by atoms with Gasteiger partial charge in [-0.2, -0.15) is 0 Å². The molecule has 4 heteroatoms. The lowest BCUT2D eigenvalue weighted by Gasteiger charge is -2.26. The lowest BCUT2D eigenvalue weighted by Crippen LogP contribution is -2.27. The Morgan fingerprint density at radius 1 is 1.15 bits per heavy atom. The standard InChI is InChI=1S/C16H25Cl2NO/c1-5-8-11(4)16(19-6-2)12-9-14(18)15(20-7-3)10-13(12)17/h9-11,16,19H,5-8H2,1-4H3. The molecule has 0 saturated carbocycles. The summed E-state index contributed by atoms with van der Waals surface area (Å²) >= 11 is 12.7. The van der Waals surface area contributed by atoms with Gasteiger partial charge < -0.3 is 10.1 Å². The summed E-state index contributed by atoms with van der Waals surface area (Å²) in [6, 6.07) is 3.99. The van der Waals surface area contributed by atoms with Crippen molar-refractivity contribution in [2.24, 2.45) is 5.92 Å². The van der Waals surface area contributed by atoms with Crippen molar-refractivity contribution in [3.8, 4) is 5.75 Å². The minimum absolute atomic E-state index is 0.223. The van der Waals surface area contributed by atoms with Gasteiger partial charge in [-0.05, 0) is 37.4 Å². The molecule has 1 rings (SSSR count). The van der Waals surface area contributed by atoms with Gasteiger partial charge in [-0.3, -0.25) is 0 Å². The summed E-state index contributed by atoms with van der Waals surface area (Å²) in [6.45, 7) is 9.97. The number of rotatable bonds is 8. The van der Waals surface area contributed by atoms with Crippen molar-refractivity contribution in [3.05, 3.63) is 27.7 Å². The highest BCUT2D eigenvalue weighted by Gasteiger charge is 2.22. The van der Waals surface area contributed by atoms with Gasteiger partial charge >= 0.3 is 0 Å². The highest BCUT2D eigenvalue weighted by atomic mass is 35.5. The summed E-state index contributed by atoms with van der Waals surface area (Å²) in [7, 11) is 0. The molecule has 20 heavy (non-hydrogen) atoms. The molecule has 0 aliphatic heterocycles. The molecule has 0 aromatic heterocycles. The summed E-state index contributed by atoms with van der Waals surface area (Å²) in [5.74, 6) is 1.16. The molecule has 1 N–H and O–H groups in total. The van der Waals surface area contributed by atoms with Gasteiger partial charge in [0.25, 0.3) is 0 Å². The molecule has 0 fully saturated rings. The summed E-state index contributed by atoms with van der Waals surface area (Å²) < 4.78 is 5.48. The van der Waals surface area contributed by atoms with Crippen LogP contribution in [0.4, 0.5) is 0 Å². The van der Waals surface area contributed by atoms with Crippen molar-refractivity contribution in [2.75, 3.05) is 13.2 Å². The first-order valence-electron chi connectivity index (χ1n) is 7.40. The van der Waals surface area contributed by atoms with Crippen LogP contribution >= 0.6 is 23.2 Å². The Balaban J connectivity index is 3.10. The monoisotopic (exact) mass is 317 g/mol. The Kier molecular flexibility index (Phi) is 7.71. The Morgan fingerprint density at radius 3 is 2.40 bits per heavy atom. The fraction of sp³-hybridized carbons (Fsp3) is 0.625. The van der Waals surface area contributed by atoms with Gasteiger partial charge in [-0.1, -0.05) is 50.4 Å². The van der Waals surface area contributed by atoms with E-state index in [0.29, 0.717) is 28.3 Å². The maximum Gasteiger partial charge on any atom is 0.139 e. The predicted molar refractivity (Wildman–Crippen MR) is 88.1 cm³/mol. The Labute approximate surface area is 132 Å². The number of hydrogen-bond donors (Lipinski definition) is 1. The lowest BCUT2D eigenvalue weighted by atomic mass is 9.91. The van der Waals surface area contributed by atoms with Crippen LogP contribution in [0.2, 0.25) is 10.0 Å². The molecule has 2 unspecified atom stereocenters. The normalized spacial score (nSPS) is 14.1. The molecule has 0 saturated heterocycles. The summed E-state index contributed by atoms with van der Waals surface area (Å²) in [5, 5.41) is 4.86. The second kappa shape index (κ2) is 8.76. The van der Waals surface area contributed by atoms with Crippen molar-refractivity contribution >= 4 is 23.2 Å². The van der Waals surface area contributed by atoms with Gasteiger partial charge in [0.15, 0.2) is 0 Å². The molecule has 1 aromatic rings.